The first kappa shape index (κ1) is 12.1. The largest absolute Gasteiger partial charge is 0.416 e. The maximum absolute atomic E-state index is 11.9. The lowest BCUT2D eigenvalue weighted by Gasteiger charge is -2.05. The number of nitrogen functional groups attached to an aromatic ring is 1. The molecule has 0 aliphatic carbocycles. The first-order valence-electron chi connectivity index (χ1n) is 4.35. The van der Waals surface area contributed by atoms with Crippen molar-refractivity contribution in [3.05, 3.63) is 48.5 Å². The number of nitrogens with two attached hydrogens (primary N) is 1. The number of imidazole rings is 1. The van der Waals surface area contributed by atoms with Crippen molar-refractivity contribution >= 4 is 5.69 Å². The highest BCUT2D eigenvalue weighted by Gasteiger charge is 2.30. The second-order valence-electron chi connectivity index (χ2n) is 2.88. The first-order chi connectivity index (χ1) is 7.50. The molecule has 0 fully saturated rings. The SMILES string of the molecule is Nc1cccc(C(F)(F)F)c1.c1c[nH]cn1. The summed E-state index contributed by atoms with van der Waals surface area (Å²) in [6.45, 7) is 0. The van der Waals surface area contributed by atoms with E-state index >= 15 is 0 Å². The Labute approximate surface area is 90.1 Å². The molecule has 2 rings (SSSR count). The van der Waals surface area contributed by atoms with Crippen molar-refractivity contribution in [2.24, 2.45) is 0 Å². The van der Waals surface area contributed by atoms with Gasteiger partial charge >= 0.3 is 6.18 Å². The van der Waals surface area contributed by atoms with E-state index in [4.69, 9.17) is 5.73 Å². The molecule has 3 nitrogen and oxygen atoms in total. The second-order valence-corrected chi connectivity index (χ2v) is 2.88. The van der Waals surface area contributed by atoms with Gasteiger partial charge in [0.1, 0.15) is 0 Å². The highest BCUT2D eigenvalue weighted by atomic mass is 19.4. The van der Waals surface area contributed by atoms with E-state index in [0.717, 1.165) is 12.1 Å². The fourth-order valence-electron chi connectivity index (χ4n) is 0.930. The quantitative estimate of drug-likeness (QED) is 0.682. The van der Waals surface area contributed by atoms with Gasteiger partial charge in [0.15, 0.2) is 0 Å². The maximum atomic E-state index is 11.9. The summed E-state index contributed by atoms with van der Waals surface area (Å²) in [7, 11) is 0. The van der Waals surface area contributed by atoms with Crippen molar-refractivity contribution < 1.29 is 13.2 Å². The van der Waals surface area contributed by atoms with Gasteiger partial charge in [0, 0.05) is 18.1 Å². The van der Waals surface area contributed by atoms with Gasteiger partial charge in [0.2, 0.25) is 0 Å². The summed E-state index contributed by atoms with van der Waals surface area (Å²) in [5.74, 6) is 0. The lowest BCUT2D eigenvalue weighted by atomic mass is 10.2. The predicted octanol–water partition coefficient (Wildman–Crippen LogP) is 2.70. The van der Waals surface area contributed by atoms with Gasteiger partial charge in [0.25, 0.3) is 0 Å². The molecule has 0 aliphatic heterocycles. The number of anilines is 1. The summed E-state index contributed by atoms with van der Waals surface area (Å²) in [5.41, 5.74) is 4.57. The fourth-order valence-corrected chi connectivity index (χ4v) is 0.930. The molecule has 2 aromatic rings. The van der Waals surface area contributed by atoms with E-state index < -0.39 is 11.7 Å². The smallest absolute Gasteiger partial charge is 0.399 e. The number of alkyl halides is 3. The van der Waals surface area contributed by atoms with Crippen molar-refractivity contribution in [3.63, 3.8) is 0 Å². The predicted molar refractivity (Wildman–Crippen MR) is 54.4 cm³/mol. The van der Waals surface area contributed by atoms with E-state index in [1.165, 1.54) is 12.1 Å². The fraction of sp³-hybridized carbons (Fsp3) is 0.100. The van der Waals surface area contributed by atoms with Gasteiger partial charge in [-0.25, -0.2) is 4.98 Å². The Hall–Kier alpha value is -1.98. The molecule has 3 N–H and O–H groups in total. The Bertz CT molecular complexity index is 392. The van der Waals surface area contributed by atoms with Gasteiger partial charge < -0.3 is 10.7 Å². The Morgan fingerprint density at radius 1 is 1.25 bits per heavy atom. The van der Waals surface area contributed by atoms with E-state index in [9.17, 15) is 13.2 Å². The molecule has 0 saturated heterocycles. The van der Waals surface area contributed by atoms with Crippen molar-refractivity contribution in [1.29, 1.82) is 0 Å². The van der Waals surface area contributed by atoms with Gasteiger partial charge in [-0.15, -0.1) is 0 Å². The number of aromatic nitrogens is 2. The van der Waals surface area contributed by atoms with E-state index in [1.807, 2.05) is 0 Å². The summed E-state index contributed by atoms with van der Waals surface area (Å²) in [4.78, 5) is 6.42. The number of rotatable bonds is 0. The normalized spacial score (nSPS) is 10.4. The molecular formula is C10H10F3N3. The van der Waals surface area contributed by atoms with Crippen molar-refractivity contribution in [3.8, 4) is 0 Å². The highest BCUT2D eigenvalue weighted by molar-refractivity contribution is 5.41. The molecule has 16 heavy (non-hydrogen) atoms. The Morgan fingerprint density at radius 2 is 2.00 bits per heavy atom. The van der Waals surface area contributed by atoms with Gasteiger partial charge in [0.05, 0.1) is 11.9 Å². The summed E-state index contributed by atoms with van der Waals surface area (Å²) in [6, 6.07) is 4.57. The third-order valence-corrected chi connectivity index (χ3v) is 1.62. The number of nitrogens with one attached hydrogen (secondary N) is 1. The molecule has 1 aromatic heterocycles. The zero-order valence-corrected chi connectivity index (χ0v) is 8.20. The molecule has 0 unspecified atom stereocenters. The number of hydrogen-bond acceptors (Lipinski definition) is 2. The third-order valence-electron chi connectivity index (χ3n) is 1.62. The monoisotopic (exact) mass is 229 g/mol. The Morgan fingerprint density at radius 3 is 2.31 bits per heavy atom. The number of hydrogen-bond donors (Lipinski definition) is 2. The van der Waals surface area contributed by atoms with Crippen LogP contribution in [-0.2, 0) is 6.18 Å². The molecule has 0 bridgehead atoms. The van der Waals surface area contributed by atoms with E-state index in [0.29, 0.717) is 0 Å². The Balaban J connectivity index is 0.000000212. The van der Waals surface area contributed by atoms with E-state index in [2.05, 4.69) is 9.97 Å². The Kier molecular flexibility index (Phi) is 3.93. The lowest BCUT2D eigenvalue weighted by Crippen LogP contribution is -2.04. The minimum Gasteiger partial charge on any atom is -0.399 e. The van der Waals surface area contributed by atoms with Crippen LogP contribution in [0.4, 0.5) is 18.9 Å². The van der Waals surface area contributed by atoms with E-state index in [1.54, 1.807) is 18.7 Å². The molecule has 1 heterocycles. The maximum Gasteiger partial charge on any atom is 0.416 e. The van der Waals surface area contributed by atoms with Gasteiger partial charge in [-0.3, -0.25) is 0 Å². The van der Waals surface area contributed by atoms with Gasteiger partial charge in [-0.2, -0.15) is 13.2 Å². The lowest BCUT2D eigenvalue weighted by molar-refractivity contribution is -0.137. The molecule has 0 saturated carbocycles. The highest BCUT2D eigenvalue weighted by Crippen LogP contribution is 2.29. The minimum atomic E-state index is -4.30. The van der Waals surface area contributed by atoms with Gasteiger partial charge in [-0.05, 0) is 18.2 Å². The summed E-state index contributed by atoms with van der Waals surface area (Å²) in [5, 5.41) is 0. The van der Waals surface area contributed by atoms with Crippen LogP contribution in [0.25, 0.3) is 0 Å². The van der Waals surface area contributed by atoms with Crippen LogP contribution < -0.4 is 5.73 Å². The zero-order chi connectivity index (χ0) is 12.0. The second kappa shape index (κ2) is 5.20. The molecule has 0 atom stereocenters. The zero-order valence-electron chi connectivity index (χ0n) is 8.20. The average Bonchev–Trinajstić information content (AvgIpc) is 2.74. The molecule has 0 aliphatic rings. The topological polar surface area (TPSA) is 54.7 Å². The van der Waals surface area contributed by atoms with Crippen LogP contribution in [0.5, 0.6) is 0 Å². The van der Waals surface area contributed by atoms with Crippen molar-refractivity contribution in [2.75, 3.05) is 5.73 Å². The number of nitrogens with zero attached hydrogens (tertiary/aromatic N) is 1. The standard InChI is InChI=1S/C7H6F3N.C3H4N2/c8-7(9,10)5-2-1-3-6(11)4-5;1-2-5-3-4-1/h1-4H,11H2;1-3H,(H,4,5). The molecule has 86 valence electrons. The van der Waals surface area contributed by atoms with E-state index in [-0.39, 0.29) is 5.69 Å². The minimum absolute atomic E-state index is 0.125. The summed E-state index contributed by atoms with van der Waals surface area (Å²) in [6.07, 6.45) is 0.787. The summed E-state index contributed by atoms with van der Waals surface area (Å²) >= 11 is 0. The number of aromatic amines is 1. The molecule has 0 spiro atoms. The molecular weight excluding hydrogens is 219 g/mol. The van der Waals surface area contributed by atoms with Crippen LogP contribution >= 0.6 is 0 Å². The molecule has 6 heteroatoms. The van der Waals surface area contributed by atoms with Crippen LogP contribution in [0.1, 0.15) is 5.56 Å². The van der Waals surface area contributed by atoms with Crippen LogP contribution in [0.15, 0.2) is 43.0 Å². The molecule has 0 radical (unpaired) electrons. The molecule has 1 aromatic carbocycles. The van der Waals surface area contributed by atoms with Crippen LogP contribution in [0, 0.1) is 0 Å². The van der Waals surface area contributed by atoms with Crippen molar-refractivity contribution in [1.82, 2.24) is 9.97 Å². The number of halogens is 3. The summed E-state index contributed by atoms with van der Waals surface area (Å²) < 4.78 is 35.7. The van der Waals surface area contributed by atoms with Gasteiger partial charge in [-0.1, -0.05) is 6.07 Å². The van der Waals surface area contributed by atoms with Crippen LogP contribution in [0.2, 0.25) is 0 Å². The average molecular weight is 229 g/mol. The van der Waals surface area contributed by atoms with Crippen LogP contribution in [-0.4, -0.2) is 9.97 Å². The van der Waals surface area contributed by atoms with Crippen molar-refractivity contribution in [2.45, 2.75) is 6.18 Å². The number of H-pyrrole nitrogens is 1. The number of benzene rings is 1. The molecule has 0 amide bonds. The first-order valence-corrected chi connectivity index (χ1v) is 4.35. The third kappa shape index (κ3) is 4.04. The van der Waals surface area contributed by atoms with Crippen LogP contribution in [0.3, 0.4) is 0 Å².